The predicted octanol–water partition coefficient (Wildman–Crippen LogP) is 4.21. The molecule has 0 saturated heterocycles. The van der Waals surface area contributed by atoms with E-state index in [9.17, 15) is 44.3 Å². The van der Waals surface area contributed by atoms with Gasteiger partial charge in [0.15, 0.2) is 0 Å². The highest BCUT2D eigenvalue weighted by atomic mass is 32.2. The Hall–Kier alpha value is -3.50. The van der Waals surface area contributed by atoms with Gasteiger partial charge in [-0.2, -0.15) is 4.68 Å². The smallest absolute Gasteiger partial charge is 0.371 e. The second kappa shape index (κ2) is 8.75. The third-order valence-electron chi connectivity index (χ3n) is 7.27. The van der Waals surface area contributed by atoms with Gasteiger partial charge in [-0.1, -0.05) is 42.2 Å². The Morgan fingerprint density at radius 1 is 1.10 bits per heavy atom. The van der Waals surface area contributed by atoms with Crippen molar-refractivity contribution in [2.45, 2.75) is 24.9 Å². The Labute approximate surface area is 243 Å². The number of anilines is 2. The minimum atomic E-state index is -4.94. The van der Waals surface area contributed by atoms with E-state index in [1.54, 1.807) is 26.8 Å². The van der Waals surface area contributed by atoms with Crippen molar-refractivity contribution in [3.8, 4) is 11.8 Å². The number of aromatic hydroxyl groups is 2. The molecule has 5 heterocycles. The number of rotatable bonds is 3. The van der Waals surface area contributed by atoms with Crippen molar-refractivity contribution in [3.63, 3.8) is 0 Å². The Morgan fingerprint density at radius 2 is 1.66 bits per heavy atom. The molecule has 0 radical (unpaired) electrons. The summed E-state index contributed by atoms with van der Waals surface area (Å²) in [4.78, 5) is 49.0. The summed E-state index contributed by atoms with van der Waals surface area (Å²) in [5.41, 5.74) is 4.68. The van der Waals surface area contributed by atoms with Crippen LogP contribution in [0.4, 0.5) is 16.2 Å². The molecule has 2 amide bonds. The summed E-state index contributed by atoms with van der Waals surface area (Å²) in [6.45, 7) is 5.07. The van der Waals surface area contributed by atoms with Gasteiger partial charge in [0, 0.05) is 29.2 Å². The lowest BCUT2D eigenvalue weighted by Gasteiger charge is -2.49. The number of carboxylic acid groups (broad SMARTS) is 2. The summed E-state index contributed by atoms with van der Waals surface area (Å²) in [5, 5.41) is 49.6. The molecule has 1 spiro atoms. The number of thioether (sulfide) groups is 3. The summed E-state index contributed by atoms with van der Waals surface area (Å²) >= 11 is 2.07. The molecule has 6 rings (SSSR count). The average Bonchev–Trinajstić information content (AvgIpc) is 3.45. The van der Waals surface area contributed by atoms with E-state index >= 15 is 0 Å². The van der Waals surface area contributed by atoms with Gasteiger partial charge in [0.05, 0.1) is 16.4 Å². The van der Waals surface area contributed by atoms with Crippen molar-refractivity contribution in [2.24, 2.45) is 5.92 Å². The van der Waals surface area contributed by atoms with Gasteiger partial charge < -0.3 is 25.3 Å². The maximum Gasteiger partial charge on any atom is 0.371 e. The molecule has 0 fully saturated rings. The van der Waals surface area contributed by atoms with E-state index in [0.29, 0.717) is 60.9 Å². The molecule has 0 saturated carbocycles. The van der Waals surface area contributed by atoms with Crippen LogP contribution in [0.15, 0.2) is 32.7 Å². The molecule has 2 atom stereocenters. The van der Waals surface area contributed by atoms with Gasteiger partial charge in [0.25, 0.3) is 0 Å². The maximum atomic E-state index is 14.5. The Balaban J connectivity index is 1.67. The number of carboxylic acids is 2. The lowest BCUT2D eigenvalue weighted by molar-refractivity contribution is -0.134. The number of nitrogens with one attached hydrogen (secondary N) is 2. The highest BCUT2D eigenvalue weighted by molar-refractivity contribution is 8.28. The van der Waals surface area contributed by atoms with E-state index in [1.165, 1.54) is 0 Å². The van der Waals surface area contributed by atoms with Gasteiger partial charge in [-0.25, -0.2) is 19.1 Å². The lowest BCUT2D eigenvalue weighted by Crippen LogP contribution is -2.56. The van der Waals surface area contributed by atoms with Gasteiger partial charge in [0.2, 0.25) is 11.8 Å². The molecule has 4 aliphatic heterocycles. The number of amides is 2. The number of carbonyl (C=O) groups excluding carboxylic acids is 1. The Bertz CT molecular complexity index is 1740. The first-order chi connectivity index (χ1) is 19.1. The molecule has 0 bridgehead atoms. The monoisotopic (exact) mass is 637 g/mol. The number of fused-ring (bicyclic) bond motifs is 2. The number of hydrogen-bond acceptors (Lipinski definition) is 11. The van der Waals surface area contributed by atoms with E-state index in [-0.39, 0.29) is 32.2 Å². The van der Waals surface area contributed by atoms with E-state index < -0.39 is 57.1 Å². The molecular formula is C23H20N5O9PS3. The highest BCUT2D eigenvalue weighted by Crippen LogP contribution is 2.77. The number of aromatic nitrogens is 1. The molecular weight excluding hydrogens is 617 g/mol. The first kappa shape index (κ1) is 27.7. The van der Waals surface area contributed by atoms with Gasteiger partial charge >= 0.3 is 25.5 Å². The minimum absolute atomic E-state index is 0.00692. The number of hydrazine groups is 1. The zero-order chi connectivity index (χ0) is 29.9. The highest BCUT2D eigenvalue weighted by Gasteiger charge is 2.62. The zero-order valence-corrected chi connectivity index (χ0v) is 24.5. The summed E-state index contributed by atoms with van der Waals surface area (Å²) in [7, 11) is -4.94. The SMILES string of the molecule is Cc1cc2c3c(c1C)NN(n1c(O)ccc1O)C(=O)N3P(=O)(O)C1=C2C2(SC(C(=O)O)=C(C(=O)O)S2)C(C)C(=N)S1. The van der Waals surface area contributed by atoms with Crippen LogP contribution in [0.25, 0.3) is 5.57 Å². The summed E-state index contributed by atoms with van der Waals surface area (Å²) in [5.74, 6) is -4.86. The molecule has 2 unspecified atom stereocenters. The quantitative estimate of drug-likeness (QED) is 0.235. The van der Waals surface area contributed by atoms with Crippen molar-refractivity contribution < 1.29 is 44.3 Å². The molecule has 2 aromatic rings. The van der Waals surface area contributed by atoms with Crippen molar-refractivity contribution in [3.05, 3.63) is 49.3 Å². The number of urea groups is 1. The zero-order valence-electron chi connectivity index (χ0n) is 21.2. The number of carbonyl (C=O) groups is 3. The maximum absolute atomic E-state index is 14.5. The van der Waals surface area contributed by atoms with Crippen LogP contribution < -0.4 is 15.2 Å². The van der Waals surface area contributed by atoms with E-state index in [2.05, 4.69) is 5.43 Å². The topological polar surface area (TPSA) is 217 Å². The van der Waals surface area contributed by atoms with Crippen LogP contribution in [0.5, 0.6) is 11.8 Å². The summed E-state index contributed by atoms with van der Waals surface area (Å²) in [6.07, 6.45) is 0. The van der Waals surface area contributed by atoms with Gasteiger partial charge in [-0.15, -0.1) is 5.12 Å². The normalized spacial score (nSPS) is 24.5. The second-order valence-corrected chi connectivity index (χ2v) is 15.6. The van der Waals surface area contributed by atoms with Gasteiger partial charge in [0.1, 0.15) is 18.5 Å². The molecule has 1 aromatic carbocycles. The molecule has 0 aliphatic carbocycles. The second-order valence-electron chi connectivity index (χ2n) is 9.52. The molecule has 1 aromatic heterocycles. The molecule has 4 aliphatic rings. The number of hydrogen-bond donors (Lipinski definition) is 7. The molecule has 7 N–H and O–H groups in total. The molecule has 41 heavy (non-hydrogen) atoms. The number of nitrogens with zero attached hydrogens (tertiary/aromatic N) is 3. The van der Waals surface area contributed by atoms with Crippen LogP contribution in [-0.2, 0) is 14.2 Å². The number of benzene rings is 1. The van der Waals surface area contributed by atoms with Crippen molar-refractivity contribution >= 4 is 82.8 Å². The van der Waals surface area contributed by atoms with Crippen LogP contribution in [-0.4, -0.2) is 57.1 Å². The van der Waals surface area contributed by atoms with Crippen molar-refractivity contribution in [2.75, 3.05) is 15.2 Å². The van der Waals surface area contributed by atoms with E-state index in [1.807, 2.05) is 0 Å². The fraction of sp³-hybridized carbons (Fsp3) is 0.217. The average molecular weight is 638 g/mol. The van der Waals surface area contributed by atoms with Crippen LogP contribution in [0.3, 0.4) is 0 Å². The molecule has 214 valence electrons. The van der Waals surface area contributed by atoms with Crippen molar-refractivity contribution in [1.82, 2.24) is 4.68 Å². The fourth-order valence-electron chi connectivity index (χ4n) is 5.15. The van der Waals surface area contributed by atoms with Crippen LogP contribution in [0.1, 0.15) is 23.6 Å². The Kier molecular flexibility index (Phi) is 5.90. The molecule has 14 nitrogen and oxygen atoms in total. The van der Waals surface area contributed by atoms with Crippen molar-refractivity contribution in [1.29, 1.82) is 5.41 Å². The lowest BCUT2D eigenvalue weighted by atomic mass is 9.90. The summed E-state index contributed by atoms with van der Waals surface area (Å²) in [6, 6.07) is 2.78. The first-order valence-electron chi connectivity index (χ1n) is 11.7. The third-order valence-corrected chi connectivity index (χ3v) is 14.4. The predicted molar refractivity (Wildman–Crippen MR) is 155 cm³/mol. The summed E-state index contributed by atoms with van der Waals surface area (Å²) < 4.78 is 14.0. The number of aliphatic carboxylic acids is 2. The fourth-order valence-corrected chi connectivity index (χ4v) is 12.4. The number of aryl methyl sites for hydroxylation is 1. The van der Waals surface area contributed by atoms with Crippen LogP contribution in [0.2, 0.25) is 0 Å². The van der Waals surface area contributed by atoms with E-state index in [0.717, 1.165) is 12.1 Å². The first-order valence-corrected chi connectivity index (χ1v) is 15.8. The van der Waals surface area contributed by atoms with Gasteiger partial charge in [-0.05, 0) is 31.0 Å². The van der Waals surface area contributed by atoms with Crippen LogP contribution >= 0.6 is 42.8 Å². The standard InChI is InChI=1S/C23H20N5O9PS3/c1-7-6-10-13-21(39-18(24)9(3)23(13)40-16(19(31)32)17(41-23)20(33)34)38(36,37)27-15(10)14(8(7)2)25-28(22(27)35)26-11(29)4-5-12(26)30/h4-6,9,24-25,29-30H,1-3H3,(H,31,32)(H,33,34)(H,36,37). The largest absolute Gasteiger partial charge is 0.493 e. The van der Waals surface area contributed by atoms with E-state index in [4.69, 9.17) is 5.41 Å². The minimum Gasteiger partial charge on any atom is -0.493 e. The van der Waals surface area contributed by atoms with Crippen LogP contribution in [0, 0.1) is 25.2 Å². The van der Waals surface area contributed by atoms with Gasteiger partial charge in [-0.3, -0.25) is 15.4 Å². The Morgan fingerprint density at radius 3 is 2.20 bits per heavy atom. The third kappa shape index (κ3) is 3.49. The molecule has 18 heteroatoms.